The lowest BCUT2D eigenvalue weighted by molar-refractivity contribution is -0.144. The molecule has 7 nitrogen and oxygen atoms in total. The van der Waals surface area contributed by atoms with E-state index < -0.39 is 17.5 Å². The van der Waals surface area contributed by atoms with Gasteiger partial charge >= 0.3 is 12.0 Å². The van der Waals surface area contributed by atoms with Gasteiger partial charge in [-0.3, -0.25) is 0 Å². The molecule has 1 aliphatic heterocycles. The van der Waals surface area contributed by atoms with E-state index in [4.69, 9.17) is 14.6 Å². The fraction of sp³-hybridized carbons (Fsp3) is 0.818. The Morgan fingerprint density at radius 3 is 2.83 bits per heavy atom. The average Bonchev–Trinajstić information content (AvgIpc) is 2.78. The molecular formula is C11H20N2O5. The van der Waals surface area contributed by atoms with Gasteiger partial charge in [-0.15, -0.1) is 0 Å². The van der Waals surface area contributed by atoms with Gasteiger partial charge in [0.2, 0.25) is 0 Å². The summed E-state index contributed by atoms with van der Waals surface area (Å²) in [6, 6.07) is -0.487. The standard InChI is InChI=1S/C11H20N2O5/c1-2-17-6-3-5-12-10(16)13-11(9(14)15)4-7-18-8-11/h2-8H2,1H3,(H,14,15)(H2,12,13,16). The van der Waals surface area contributed by atoms with Crippen molar-refractivity contribution in [3.05, 3.63) is 0 Å². The Hall–Kier alpha value is -1.34. The van der Waals surface area contributed by atoms with E-state index in [1.165, 1.54) is 0 Å². The summed E-state index contributed by atoms with van der Waals surface area (Å²) in [4.78, 5) is 22.7. The van der Waals surface area contributed by atoms with E-state index in [0.717, 1.165) is 0 Å². The molecule has 18 heavy (non-hydrogen) atoms. The van der Waals surface area contributed by atoms with Crippen molar-refractivity contribution < 1.29 is 24.2 Å². The van der Waals surface area contributed by atoms with Gasteiger partial charge in [0, 0.05) is 32.8 Å². The second kappa shape index (κ2) is 7.17. The third kappa shape index (κ3) is 4.15. The number of ether oxygens (including phenoxy) is 2. The van der Waals surface area contributed by atoms with Crippen LogP contribution in [0.25, 0.3) is 0 Å². The molecule has 2 amide bonds. The number of carbonyl (C=O) groups is 2. The van der Waals surface area contributed by atoms with Crippen molar-refractivity contribution in [1.29, 1.82) is 0 Å². The van der Waals surface area contributed by atoms with Crippen molar-refractivity contribution >= 4 is 12.0 Å². The van der Waals surface area contributed by atoms with Crippen LogP contribution >= 0.6 is 0 Å². The van der Waals surface area contributed by atoms with Crippen LogP contribution in [0.1, 0.15) is 19.8 Å². The third-order valence-electron chi connectivity index (χ3n) is 2.74. The predicted molar refractivity (Wildman–Crippen MR) is 63.4 cm³/mol. The lowest BCUT2D eigenvalue weighted by Crippen LogP contribution is -2.57. The summed E-state index contributed by atoms with van der Waals surface area (Å²) in [7, 11) is 0. The van der Waals surface area contributed by atoms with E-state index in [0.29, 0.717) is 32.8 Å². The Morgan fingerprint density at radius 2 is 2.28 bits per heavy atom. The maximum Gasteiger partial charge on any atom is 0.332 e. The number of hydrogen-bond acceptors (Lipinski definition) is 4. The van der Waals surface area contributed by atoms with Crippen LogP contribution in [0.4, 0.5) is 4.79 Å². The van der Waals surface area contributed by atoms with Crippen molar-refractivity contribution in [2.24, 2.45) is 0 Å². The normalized spacial score (nSPS) is 22.7. The summed E-state index contributed by atoms with van der Waals surface area (Å²) in [5.41, 5.74) is -1.29. The highest BCUT2D eigenvalue weighted by Crippen LogP contribution is 2.18. The molecule has 1 rings (SSSR count). The molecular weight excluding hydrogens is 240 g/mol. The van der Waals surface area contributed by atoms with E-state index in [1.807, 2.05) is 6.92 Å². The largest absolute Gasteiger partial charge is 0.479 e. The highest BCUT2D eigenvalue weighted by molar-refractivity contribution is 5.86. The first-order chi connectivity index (χ1) is 8.60. The van der Waals surface area contributed by atoms with Crippen LogP contribution in [-0.4, -0.2) is 55.6 Å². The number of carboxylic acid groups (broad SMARTS) is 1. The van der Waals surface area contributed by atoms with Crippen LogP contribution in [0, 0.1) is 0 Å². The Bertz CT molecular complexity index is 289. The molecule has 0 aromatic carbocycles. The van der Waals surface area contributed by atoms with Crippen molar-refractivity contribution in [3.8, 4) is 0 Å². The number of urea groups is 1. The van der Waals surface area contributed by atoms with E-state index in [9.17, 15) is 9.59 Å². The molecule has 0 saturated carbocycles. The molecule has 1 fully saturated rings. The lowest BCUT2D eigenvalue weighted by atomic mass is 9.99. The van der Waals surface area contributed by atoms with Crippen LogP contribution in [-0.2, 0) is 14.3 Å². The summed E-state index contributed by atoms with van der Waals surface area (Å²) in [5.74, 6) is -1.07. The highest BCUT2D eigenvalue weighted by Gasteiger charge is 2.43. The molecule has 0 spiro atoms. The molecule has 1 atom stereocenters. The first kappa shape index (κ1) is 14.7. The molecule has 0 aromatic heterocycles. The molecule has 0 radical (unpaired) electrons. The molecule has 7 heteroatoms. The highest BCUT2D eigenvalue weighted by atomic mass is 16.5. The smallest absolute Gasteiger partial charge is 0.332 e. The summed E-state index contributed by atoms with van der Waals surface area (Å²) in [6.07, 6.45) is 0.979. The Morgan fingerprint density at radius 1 is 1.50 bits per heavy atom. The van der Waals surface area contributed by atoms with Crippen LogP contribution in [0.15, 0.2) is 0 Å². The van der Waals surface area contributed by atoms with Crippen molar-refractivity contribution in [3.63, 3.8) is 0 Å². The van der Waals surface area contributed by atoms with Crippen molar-refractivity contribution in [1.82, 2.24) is 10.6 Å². The van der Waals surface area contributed by atoms with Gasteiger partial charge in [0.1, 0.15) is 0 Å². The van der Waals surface area contributed by atoms with Gasteiger partial charge in [-0.1, -0.05) is 0 Å². The fourth-order valence-corrected chi connectivity index (χ4v) is 1.67. The molecule has 1 unspecified atom stereocenters. The minimum atomic E-state index is -1.29. The summed E-state index contributed by atoms with van der Waals surface area (Å²) in [6.45, 7) is 3.92. The van der Waals surface area contributed by atoms with Gasteiger partial charge in [0.15, 0.2) is 5.54 Å². The predicted octanol–water partition coefficient (Wildman–Crippen LogP) is -0.0441. The molecule has 1 saturated heterocycles. The molecule has 0 bridgehead atoms. The number of carbonyl (C=O) groups excluding carboxylic acids is 1. The minimum absolute atomic E-state index is 0.00863. The first-order valence-electron chi connectivity index (χ1n) is 6.05. The Labute approximate surface area is 106 Å². The van der Waals surface area contributed by atoms with Crippen LogP contribution in [0.2, 0.25) is 0 Å². The zero-order valence-electron chi connectivity index (χ0n) is 10.5. The SMILES string of the molecule is CCOCCCNC(=O)NC1(C(=O)O)CCOC1. The number of carboxylic acids is 1. The lowest BCUT2D eigenvalue weighted by Gasteiger charge is -2.23. The molecule has 1 heterocycles. The average molecular weight is 260 g/mol. The number of hydrogen-bond donors (Lipinski definition) is 3. The molecule has 3 N–H and O–H groups in total. The maximum atomic E-state index is 11.6. The second-order valence-corrected chi connectivity index (χ2v) is 4.12. The molecule has 0 aliphatic carbocycles. The molecule has 104 valence electrons. The summed E-state index contributed by atoms with van der Waals surface area (Å²) < 4.78 is 10.2. The van der Waals surface area contributed by atoms with E-state index in [-0.39, 0.29) is 13.0 Å². The summed E-state index contributed by atoms with van der Waals surface area (Å²) >= 11 is 0. The molecule has 1 aliphatic rings. The number of aliphatic carboxylic acids is 1. The van der Waals surface area contributed by atoms with Crippen molar-refractivity contribution in [2.75, 3.05) is 33.0 Å². The fourth-order valence-electron chi connectivity index (χ4n) is 1.67. The van der Waals surface area contributed by atoms with Crippen LogP contribution < -0.4 is 10.6 Å². The maximum absolute atomic E-state index is 11.6. The minimum Gasteiger partial charge on any atom is -0.479 e. The van der Waals surface area contributed by atoms with Gasteiger partial charge in [-0.25, -0.2) is 9.59 Å². The van der Waals surface area contributed by atoms with E-state index in [1.54, 1.807) is 0 Å². The van der Waals surface area contributed by atoms with Gasteiger partial charge < -0.3 is 25.2 Å². The first-order valence-corrected chi connectivity index (χ1v) is 6.05. The zero-order valence-corrected chi connectivity index (χ0v) is 10.5. The number of rotatable bonds is 7. The monoisotopic (exact) mass is 260 g/mol. The third-order valence-corrected chi connectivity index (χ3v) is 2.74. The van der Waals surface area contributed by atoms with E-state index in [2.05, 4.69) is 10.6 Å². The van der Waals surface area contributed by atoms with E-state index >= 15 is 0 Å². The van der Waals surface area contributed by atoms with Gasteiger partial charge in [-0.2, -0.15) is 0 Å². The second-order valence-electron chi connectivity index (χ2n) is 4.12. The summed E-state index contributed by atoms with van der Waals surface area (Å²) in [5, 5.41) is 14.2. The quantitative estimate of drug-likeness (QED) is 0.558. The van der Waals surface area contributed by atoms with Crippen LogP contribution in [0.3, 0.4) is 0 Å². The Kier molecular flexibility index (Phi) is 5.87. The number of nitrogens with one attached hydrogen (secondary N) is 2. The van der Waals surface area contributed by atoms with Gasteiger partial charge in [0.25, 0.3) is 0 Å². The topological polar surface area (TPSA) is 96.9 Å². The molecule has 0 aromatic rings. The zero-order chi connectivity index (χ0) is 13.4. The number of amides is 2. The van der Waals surface area contributed by atoms with Gasteiger partial charge in [0.05, 0.1) is 6.61 Å². The Balaban J connectivity index is 2.27. The van der Waals surface area contributed by atoms with Crippen LogP contribution in [0.5, 0.6) is 0 Å². The van der Waals surface area contributed by atoms with Gasteiger partial charge in [-0.05, 0) is 13.3 Å². The van der Waals surface area contributed by atoms with Crippen molar-refractivity contribution in [2.45, 2.75) is 25.3 Å².